The standard InChI is InChI=1S/C24H23FN4O2/c1-15-4-6-16(7-5-15)20-14-19(24(30)26-12-3-13-31-2)21-22(28-29-23(21)27-20)17-8-10-18(25)11-9-17/h4-11,14H,3,12-13H2,1-2H3,(H,26,30)(H,27,28,29). The number of hydrogen-bond acceptors (Lipinski definition) is 4. The Hall–Kier alpha value is -3.58. The number of nitrogens with one attached hydrogen (secondary N) is 2. The van der Waals surface area contributed by atoms with Gasteiger partial charge in [0.2, 0.25) is 0 Å². The predicted octanol–water partition coefficient (Wildman–Crippen LogP) is 4.51. The molecule has 7 heteroatoms. The van der Waals surface area contributed by atoms with E-state index in [1.54, 1.807) is 25.3 Å². The Kier molecular flexibility index (Phi) is 6.04. The van der Waals surface area contributed by atoms with E-state index in [1.165, 1.54) is 12.1 Å². The van der Waals surface area contributed by atoms with Gasteiger partial charge in [0.1, 0.15) is 5.82 Å². The normalized spacial score (nSPS) is 11.1. The number of halogens is 1. The first-order valence-corrected chi connectivity index (χ1v) is 10.1. The number of ether oxygens (including phenoxy) is 1. The van der Waals surface area contributed by atoms with Crippen LogP contribution in [0.1, 0.15) is 22.3 Å². The van der Waals surface area contributed by atoms with Crippen molar-refractivity contribution in [2.75, 3.05) is 20.3 Å². The summed E-state index contributed by atoms with van der Waals surface area (Å²) in [5, 5.41) is 10.9. The summed E-state index contributed by atoms with van der Waals surface area (Å²) in [7, 11) is 1.63. The van der Waals surface area contributed by atoms with Gasteiger partial charge in [-0.05, 0) is 43.7 Å². The lowest BCUT2D eigenvalue weighted by Gasteiger charge is -2.10. The topological polar surface area (TPSA) is 79.9 Å². The summed E-state index contributed by atoms with van der Waals surface area (Å²) < 4.78 is 18.5. The maximum absolute atomic E-state index is 13.4. The predicted molar refractivity (Wildman–Crippen MR) is 118 cm³/mol. The Balaban J connectivity index is 1.82. The van der Waals surface area contributed by atoms with Gasteiger partial charge in [0.25, 0.3) is 5.91 Å². The van der Waals surface area contributed by atoms with Crippen molar-refractivity contribution in [3.8, 4) is 22.5 Å². The molecule has 4 aromatic rings. The third-order valence-corrected chi connectivity index (χ3v) is 5.06. The number of benzene rings is 2. The first kappa shape index (κ1) is 20.7. The number of carbonyl (C=O) groups excluding carboxylic acids is 1. The molecule has 31 heavy (non-hydrogen) atoms. The van der Waals surface area contributed by atoms with Crippen LogP contribution in [0.4, 0.5) is 4.39 Å². The SMILES string of the molecule is COCCCNC(=O)c1cc(-c2ccc(C)cc2)nc2n[nH]c(-c3ccc(F)cc3)c12. The van der Waals surface area contributed by atoms with E-state index in [1.807, 2.05) is 31.2 Å². The minimum Gasteiger partial charge on any atom is -0.385 e. The molecule has 6 nitrogen and oxygen atoms in total. The Morgan fingerprint density at radius 3 is 2.52 bits per heavy atom. The van der Waals surface area contributed by atoms with Crippen LogP contribution >= 0.6 is 0 Å². The van der Waals surface area contributed by atoms with Gasteiger partial charge < -0.3 is 10.1 Å². The van der Waals surface area contributed by atoms with Crippen molar-refractivity contribution < 1.29 is 13.9 Å². The maximum atomic E-state index is 13.4. The lowest BCUT2D eigenvalue weighted by Crippen LogP contribution is -2.25. The van der Waals surface area contributed by atoms with Crippen LogP contribution in [0.3, 0.4) is 0 Å². The molecule has 1 amide bonds. The second-order valence-corrected chi connectivity index (χ2v) is 7.33. The fraction of sp³-hybridized carbons (Fsp3) is 0.208. The number of carbonyl (C=O) groups is 1. The van der Waals surface area contributed by atoms with Crippen LogP contribution in [-0.4, -0.2) is 41.3 Å². The van der Waals surface area contributed by atoms with Crippen LogP contribution < -0.4 is 5.32 Å². The third kappa shape index (κ3) is 4.46. The van der Waals surface area contributed by atoms with E-state index in [4.69, 9.17) is 4.74 Å². The highest BCUT2D eigenvalue weighted by atomic mass is 19.1. The number of aromatic nitrogens is 3. The third-order valence-electron chi connectivity index (χ3n) is 5.06. The highest BCUT2D eigenvalue weighted by molar-refractivity contribution is 6.10. The second kappa shape index (κ2) is 9.06. The average molecular weight is 418 g/mol. The molecule has 158 valence electrons. The summed E-state index contributed by atoms with van der Waals surface area (Å²) in [5.41, 5.74) is 4.94. The van der Waals surface area contributed by atoms with Crippen molar-refractivity contribution >= 4 is 16.9 Å². The lowest BCUT2D eigenvalue weighted by molar-refractivity contribution is 0.0950. The second-order valence-electron chi connectivity index (χ2n) is 7.33. The first-order valence-electron chi connectivity index (χ1n) is 10.1. The molecule has 2 heterocycles. The Bertz CT molecular complexity index is 1200. The van der Waals surface area contributed by atoms with Gasteiger partial charge in [-0.3, -0.25) is 9.89 Å². The van der Waals surface area contributed by atoms with Crippen LogP contribution in [0.15, 0.2) is 54.6 Å². The Labute approximate surface area is 179 Å². The summed E-state index contributed by atoms with van der Waals surface area (Å²) in [6.45, 7) is 3.06. The Morgan fingerprint density at radius 2 is 1.81 bits per heavy atom. The zero-order valence-electron chi connectivity index (χ0n) is 17.4. The molecule has 0 bridgehead atoms. The van der Waals surface area contributed by atoms with Crippen molar-refractivity contribution in [1.29, 1.82) is 0 Å². The molecular weight excluding hydrogens is 395 g/mol. The molecule has 0 aliphatic rings. The molecular formula is C24H23FN4O2. The number of amides is 1. The van der Waals surface area contributed by atoms with Crippen LogP contribution in [0.25, 0.3) is 33.5 Å². The number of hydrogen-bond donors (Lipinski definition) is 2. The number of fused-ring (bicyclic) bond motifs is 1. The lowest BCUT2D eigenvalue weighted by atomic mass is 10.0. The van der Waals surface area contributed by atoms with Crippen molar-refractivity contribution in [2.45, 2.75) is 13.3 Å². The molecule has 0 fully saturated rings. The van der Waals surface area contributed by atoms with Gasteiger partial charge in [0.15, 0.2) is 5.65 Å². The number of nitrogens with zero attached hydrogens (tertiary/aromatic N) is 2. The van der Waals surface area contributed by atoms with E-state index in [-0.39, 0.29) is 11.7 Å². The van der Waals surface area contributed by atoms with E-state index >= 15 is 0 Å². The van der Waals surface area contributed by atoms with Gasteiger partial charge in [-0.25, -0.2) is 9.37 Å². The van der Waals surface area contributed by atoms with Gasteiger partial charge in [-0.2, -0.15) is 5.10 Å². The molecule has 4 rings (SSSR count). The van der Waals surface area contributed by atoms with Gasteiger partial charge >= 0.3 is 0 Å². The van der Waals surface area contributed by atoms with Gasteiger partial charge in [-0.1, -0.05) is 29.8 Å². The number of aryl methyl sites for hydroxylation is 1. The van der Waals surface area contributed by atoms with Gasteiger partial charge in [0, 0.05) is 31.4 Å². The summed E-state index contributed by atoms with van der Waals surface area (Å²) >= 11 is 0. The van der Waals surface area contributed by atoms with Crippen molar-refractivity contribution in [3.63, 3.8) is 0 Å². The van der Waals surface area contributed by atoms with Crippen LogP contribution in [0.5, 0.6) is 0 Å². The van der Waals surface area contributed by atoms with Crippen molar-refractivity contribution in [1.82, 2.24) is 20.5 Å². The van der Waals surface area contributed by atoms with E-state index in [0.29, 0.717) is 47.6 Å². The van der Waals surface area contributed by atoms with E-state index in [9.17, 15) is 9.18 Å². The number of rotatable bonds is 7. The first-order chi connectivity index (χ1) is 15.1. The number of aromatic amines is 1. The van der Waals surface area contributed by atoms with E-state index in [2.05, 4.69) is 20.5 Å². The molecule has 0 aliphatic heterocycles. The van der Waals surface area contributed by atoms with E-state index in [0.717, 1.165) is 16.7 Å². The quantitative estimate of drug-likeness (QED) is 0.433. The van der Waals surface area contributed by atoms with Gasteiger partial charge in [-0.15, -0.1) is 0 Å². The molecule has 2 aromatic carbocycles. The summed E-state index contributed by atoms with van der Waals surface area (Å²) in [4.78, 5) is 17.8. The number of H-pyrrole nitrogens is 1. The fourth-order valence-electron chi connectivity index (χ4n) is 3.41. The molecule has 0 saturated carbocycles. The summed E-state index contributed by atoms with van der Waals surface area (Å²) in [6, 6.07) is 15.8. The summed E-state index contributed by atoms with van der Waals surface area (Å²) in [6.07, 6.45) is 0.706. The highest BCUT2D eigenvalue weighted by Crippen LogP contribution is 2.31. The van der Waals surface area contributed by atoms with Gasteiger partial charge in [0.05, 0.1) is 22.3 Å². The minimum absolute atomic E-state index is 0.221. The zero-order valence-corrected chi connectivity index (χ0v) is 17.4. The maximum Gasteiger partial charge on any atom is 0.252 e. The molecule has 0 radical (unpaired) electrons. The van der Waals surface area contributed by atoms with Crippen LogP contribution in [-0.2, 0) is 4.74 Å². The van der Waals surface area contributed by atoms with Crippen LogP contribution in [0.2, 0.25) is 0 Å². The average Bonchev–Trinajstić information content (AvgIpc) is 3.21. The largest absolute Gasteiger partial charge is 0.385 e. The van der Waals surface area contributed by atoms with E-state index < -0.39 is 0 Å². The molecule has 0 unspecified atom stereocenters. The molecule has 0 aliphatic carbocycles. The van der Waals surface area contributed by atoms with Crippen LogP contribution in [0, 0.1) is 12.7 Å². The fourth-order valence-corrected chi connectivity index (χ4v) is 3.41. The molecule has 0 atom stereocenters. The minimum atomic E-state index is -0.330. The summed E-state index contributed by atoms with van der Waals surface area (Å²) in [5.74, 6) is -0.551. The monoisotopic (exact) mass is 418 g/mol. The highest BCUT2D eigenvalue weighted by Gasteiger charge is 2.20. The smallest absolute Gasteiger partial charge is 0.252 e. The Morgan fingerprint density at radius 1 is 1.10 bits per heavy atom. The number of methoxy groups -OCH3 is 1. The van der Waals surface area contributed by atoms with Crippen molar-refractivity contribution in [3.05, 3.63) is 71.5 Å². The number of pyridine rings is 1. The molecule has 2 aromatic heterocycles. The zero-order chi connectivity index (χ0) is 21.8. The molecule has 0 saturated heterocycles. The van der Waals surface area contributed by atoms with Crippen molar-refractivity contribution in [2.24, 2.45) is 0 Å². The molecule has 0 spiro atoms. The molecule has 2 N–H and O–H groups in total.